The van der Waals surface area contributed by atoms with Gasteiger partial charge in [0.1, 0.15) is 5.69 Å². The average Bonchev–Trinajstić information content (AvgIpc) is 2.39. The van der Waals surface area contributed by atoms with Gasteiger partial charge in [-0.25, -0.2) is 4.98 Å². The summed E-state index contributed by atoms with van der Waals surface area (Å²) in [5, 5.41) is 3.17. The molecule has 1 N–H and O–H groups in total. The maximum absolute atomic E-state index is 12.4. The summed E-state index contributed by atoms with van der Waals surface area (Å²) in [6, 6.07) is 3.94. The molecule has 0 spiro atoms. The monoisotopic (exact) mass is 262 g/mol. The van der Waals surface area contributed by atoms with Crippen LogP contribution in [0.3, 0.4) is 0 Å². The summed E-state index contributed by atoms with van der Waals surface area (Å²) in [6.45, 7) is 7.58. The number of aromatic nitrogens is 1. The standard InChI is InChI=1S/C14H22N4O/c1-4-15-12-5-6-13(16-9-12)14(19)18-8-7-17(3)10-11(18)2/h5-6,9,11,15H,4,7-8,10H2,1-3H3. The number of nitrogens with one attached hydrogen (secondary N) is 1. The topological polar surface area (TPSA) is 48.5 Å². The zero-order valence-corrected chi connectivity index (χ0v) is 11.9. The summed E-state index contributed by atoms with van der Waals surface area (Å²) in [4.78, 5) is 20.8. The number of carbonyl (C=O) groups is 1. The predicted molar refractivity (Wildman–Crippen MR) is 76.4 cm³/mol. The van der Waals surface area contributed by atoms with Gasteiger partial charge in [0.15, 0.2) is 0 Å². The van der Waals surface area contributed by atoms with Crippen LogP contribution in [0, 0.1) is 0 Å². The fourth-order valence-electron chi connectivity index (χ4n) is 2.42. The van der Waals surface area contributed by atoms with E-state index in [0.717, 1.165) is 31.9 Å². The SMILES string of the molecule is CCNc1ccc(C(=O)N2CCN(C)CC2C)nc1. The Morgan fingerprint density at radius 1 is 1.47 bits per heavy atom. The molecule has 1 fully saturated rings. The molecule has 0 saturated carbocycles. The molecule has 5 heteroatoms. The van der Waals surface area contributed by atoms with Crippen LogP contribution in [0.5, 0.6) is 0 Å². The van der Waals surface area contributed by atoms with Crippen LogP contribution < -0.4 is 5.32 Å². The highest BCUT2D eigenvalue weighted by atomic mass is 16.2. The first-order valence-corrected chi connectivity index (χ1v) is 6.81. The Morgan fingerprint density at radius 2 is 2.26 bits per heavy atom. The van der Waals surface area contributed by atoms with Gasteiger partial charge in [0.2, 0.25) is 0 Å². The van der Waals surface area contributed by atoms with Gasteiger partial charge in [-0.1, -0.05) is 0 Å². The molecule has 5 nitrogen and oxygen atoms in total. The minimum atomic E-state index is 0.0312. The molecule has 2 heterocycles. The van der Waals surface area contributed by atoms with E-state index in [-0.39, 0.29) is 11.9 Å². The lowest BCUT2D eigenvalue weighted by Crippen LogP contribution is -2.52. The van der Waals surface area contributed by atoms with Gasteiger partial charge in [-0.05, 0) is 33.0 Å². The summed E-state index contributed by atoms with van der Waals surface area (Å²) < 4.78 is 0. The molecule has 0 bridgehead atoms. The van der Waals surface area contributed by atoms with E-state index in [4.69, 9.17) is 0 Å². The number of likely N-dealkylation sites (N-methyl/N-ethyl adjacent to an activating group) is 1. The lowest BCUT2D eigenvalue weighted by molar-refractivity contribution is 0.0528. The second-order valence-corrected chi connectivity index (χ2v) is 5.07. The molecule has 1 saturated heterocycles. The van der Waals surface area contributed by atoms with Crippen LogP contribution >= 0.6 is 0 Å². The Hall–Kier alpha value is -1.62. The maximum Gasteiger partial charge on any atom is 0.272 e. The molecule has 1 amide bonds. The smallest absolute Gasteiger partial charge is 0.272 e. The molecule has 0 radical (unpaired) electrons. The first kappa shape index (κ1) is 13.8. The van der Waals surface area contributed by atoms with Crippen molar-refractivity contribution in [1.82, 2.24) is 14.8 Å². The number of nitrogens with zero attached hydrogens (tertiary/aromatic N) is 3. The van der Waals surface area contributed by atoms with Crippen molar-refractivity contribution in [2.75, 3.05) is 38.5 Å². The Bertz CT molecular complexity index is 432. The van der Waals surface area contributed by atoms with E-state index in [1.54, 1.807) is 12.3 Å². The van der Waals surface area contributed by atoms with E-state index in [1.165, 1.54) is 0 Å². The van der Waals surface area contributed by atoms with Gasteiger partial charge in [-0.3, -0.25) is 4.79 Å². The largest absolute Gasteiger partial charge is 0.384 e. The lowest BCUT2D eigenvalue weighted by Gasteiger charge is -2.38. The number of carbonyl (C=O) groups excluding carboxylic acids is 1. The molecular formula is C14H22N4O. The lowest BCUT2D eigenvalue weighted by atomic mass is 10.1. The van der Waals surface area contributed by atoms with Gasteiger partial charge in [-0.15, -0.1) is 0 Å². The molecule has 1 aliphatic rings. The van der Waals surface area contributed by atoms with Crippen molar-refractivity contribution in [2.24, 2.45) is 0 Å². The summed E-state index contributed by atoms with van der Waals surface area (Å²) >= 11 is 0. The maximum atomic E-state index is 12.4. The van der Waals surface area contributed by atoms with Crippen LogP contribution in [0.2, 0.25) is 0 Å². The fraction of sp³-hybridized carbons (Fsp3) is 0.571. The van der Waals surface area contributed by atoms with E-state index in [2.05, 4.69) is 29.2 Å². The van der Waals surface area contributed by atoms with Crippen molar-refractivity contribution in [3.8, 4) is 0 Å². The number of pyridine rings is 1. The summed E-state index contributed by atoms with van der Waals surface area (Å²) in [6.07, 6.45) is 1.72. The number of piperazine rings is 1. The quantitative estimate of drug-likeness (QED) is 0.891. The third-order valence-electron chi connectivity index (χ3n) is 3.45. The molecular weight excluding hydrogens is 240 g/mol. The summed E-state index contributed by atoms with van der Waals surface area (Å²) in [5.41, 5.74) is 1.48. The molecule has 0 aliphatic carbocycles. The molecule has 1 aliphatic heterocycles. The minimum absolute atomic E-state index is 0.0312. The molecule has 19 heavy (non-hydrogen) atoms. The second kappa shape index (κ2) is 6.02. The average molecular weight is 262 g/mol. The molecule has 1 aromatic rings. The van der Waals surface area contributed by atoms with E-state index < -0.39 is 0 Å². The number of anilines is 1. The van der Waals surface area contributed by atoms with Crippen LogP contribution in [0.25, 0.3) is 0 Å². The van der Waals surface area contributed by atoms with Crippen LogP contribution in [0.4, 0.5) is 5.69 Å². The molecule has 1 atom stereocenters. The van der Waals surface area contributed by atoms with Gasteiger partial charge >= 0.3 is 0 Å². The van der Waals surface area contributed by atoms with Crippen LogP contribution in [-0.2, 0) is 0 Å². The number of hydrogen-bond donors (Lipinski definition) is 1. The second-order valence-electron chi connectivity index (χ2n) is 5.07. The normalized spacial score (nSPS) is 20.4. The number of rotatable bonds is 3. The minimum Gasteiger partial charge on any atom is -0.384 e. The Morgan fingerprint density at radius 3 is 2.84 bits per heavy atom. The van der Waals surface area contributed by atoms with E-state index in [1.807, 2.05) is 17.9 Å². The van der Waals surface area contributed by atoms with Gasteiger partial charge in [0, 0.05) is 32.2 Å². The molecule has 1 unspecified atom stereocenters. The molecule has 1 aromatic heterocycles. The highest BCUT2D eigenvalue weighted by Gasteiger charge is 2.27. The van der Waals surface area contributed by atoms with Gasteiger partial charge < -0.3 is 15.1 Å². The highest BCUT2D eigenvalue weighted by molar-refractivity contribution is 5.92. The van der Waals surface area contributed by atoms with E-state index >= 15 is 0 Å². The zero-order chi connectivity index (χ0) is 13.8. The van der Waals surface area contributed by atoms with Gasteiger partial charge in [0.25, 0.3) is 5.91 Å². The zero-order valence-electron chi connectivity index (χ0n) is 11.9. The summed E-state index contributed by atoms with van der Waals surface area (Å²) in [5.74, 6) is 0.0312. The van der Waals surface area contributed by atoms with Crippen LogP contribution in [0.15, 0.2) is 18.3 Å². The third kappa shape index (κ3) is 3.23. The van der Waals surface area contributed by atoms with Crippen molar-refractivity contribution in [2.45, 2.75) is 19.9 Å². The molecule has 0 aromatic carbocycles. The highest BCUT2D eigenvalue weighted by Crippen LogP contribution is 2.13. The predicted octanol–water partition coefficient (Wildman–Crippen LogP) is 1.29. The first-order valence-electron chi connectivity index (χ1n) is 6.81. The van der Waals surface area contributed by atoms with Crippen molar-refractivity contribution in [3.63, 3.8) is 0 Å². The molecule has 104 valence electrons. The Labute approximate surface area is 114 Å². The van der Waals surface area contributed by atoms with Crippen molar-refractivity contribution >= 4 is 11.6 Å². The van der Waals surface area contributed by atoms with Crippen molar-refractivity contribution < 1.29 is 4.79 Å². The van der Waals surface area contributed by atoms with E-state index in [9.17, 15) is 4.79 Å². The first-order chi connectivity index (χ1) is 9.11. The van der Waals surface area contributed by atoms with Crippen molar-refractivity contribution in [1.29, 1.82) is 0 Å². The number of amides is 1. The van der Waals surface area contributed by atoms with Gasteiger partial charge in [0.05, 0.1) is 11.9 Å². The number of hydrogen-bond acceptors (Lipinski definition) is 4. The summed E-state index contributed by atoms with van der Waals surface area (Å²) in [7, 11) is 2.09. The van der Waals surface area contributed by atoms with Gasteiger partial charge in [-0.2, -0.15) is 0 Å². The molecule has 2 rings (SSSR count). The van der Waals surface area contributed by atoms with Crippen LogP contribution in [0.1, 0.15) is 24.3 Å². The van der Waals surface area contributed by atoms with Crippen molar-refractivity contribution in [3.05, 3.63) is 24.0 Å². The Kier molecular flexibility index (Phi) is 4.37. The van der Waals surface area contributed by atoms with Crippen LogP contribution in [-0.4, -0.2) is 60.0 Å². The third-order valence-corrected chi connectivity index (χ3v) is 3.45. The fourth-order valence-corrected chi connectivity index (χ4v) is 2.42. The Balaban J connectivity index is 2.06. The van der Waals surface area contributed by atoms with E-state index in [0.29, 0.717) is 5.69 Å².